The molecule has 1 aromatic carbocycles. The first-order valence-corrected chi connectivity index (χ1v) is 6.15. The van der Waals surface area contributed by atoms with Crippen molar-refractivity contribution in [2.45, 2.75) is 19.8 Å². The average Bonchev–Trinajstić information content (AvgIpc) is 2.41. The summed E-state index contributed by atoms with van der Waals surface area (Å²) in [6.45, 7) is 2.05. The van der Waals surface area contributed by atoms with Gasteiger partial charge in [0.15, 0.2) is 0 Å². The molecule has 0 aliphatic rings. The third kappa shape index (κ3) is 6.48. The van der Waals surface area contributed by atoms with Gasteiger partial charge in [0.05, 0.1) is 0 Å². The lowest BCUT2D eigenvalue weighted by atomic mass is 10.1. The molecule has 0 aliphatic carbocycles. The molecule has 0 unspecified atom stereocenters. The van der Waals surface area contributed by atoms with Crippen LogP contribution in [0.5, 0.6) is 0 Å². The highest BCUT2D eigenvalue weighted by Gasteiger charge is 1.89. The number of allylic oxidation sites excluding steroid dienone is 4. The Balaban J connectivity index is 2.26. The molecule has 0 saturated carbocycles. The lowest BCUT2D eigenvalue weighted by Gasteiger charge is -1.95. The summed E-state index contributed by atoms with van der Waals surface area (Å²) in [6, 6.07) is 10.1. The zero-order valence-electron chi connectivity index (χ0n) is 10.7. The molecular formula is C16H19NO. The molecule has 0 fully saturated rings. The van der Waals surface area contributed by atoms with Gasteiger partial charge in [-0.3, -0.25) is 4.79 Å². The lowest BCUT2D eigenvalue weighted by molar-refractivity contribution is -0.115. The van der Waals surface area contributed by atoms with Crippen molar-refractivity contribution in [1.82, 2.24) is 5.32 Å². The van der Waals surface area contributed by atoms with E-state index in [0.29, 0.717) is 0 Å². The van der Waals surface area contributed by atoms with E-state index in [-0.39, 0.29) is 5.91 Å². The van der Waals surface area contributed by atoms with Crippen LogP contribution >= 0.6 is 0 Å². The van der Waals surface area contributed by atoms with Crippen LogP contribution in [-0.4, -0.2) is 5.91 Å². The van der Waals surface area contributed by atoms with E-state index in [2.05, 4.69) is 24.4 Å². The van der Waals surface area contributed by atoms with Gasteiger partial charge in [-0.25, -0.2) is 0 Å². The lowest BCUT2D eigenvalue weighted by Crippen LogP contribution is -2.13. The van der Waals surface area contributed by atoms with E-state index in [9.17, 15) is 4.79 Å². The normalized spacial score (nSPS) is 11.6. The minimum absolute atomic E-state index is 0.111. The quantitative estimate of drug-likeness (QED) is 0.600. The number of amides is 1. The zero-order valence-corrected chi connectivity index (χ0v) is 10.7. The summed E-state index contributed by atoms with van der Waals surface area (Å²) in [5.41, 5.74) is 1.23. The first kappa shape index (κ1) is 14.0. The zero-order chi connectivity index (χ0) is 13.1. The molecule has 0 bridgehead atoms. The number of benzene rings is 1. The molecule has 18 heavy (non-hydrogen) atoms. The van der Waals surface area contributed by atoms with Crippen LogP contribution in [0, 0.1) is 0 Å². The monoisotopic (exact) mass is 241 g/mol. The summed E-state index contributed by atoms with van der Waals surface area (Å²) in [5, 5.41) is 2.69. The minimum Gasteiger partial charge on any atom is -0.329 e. The van der Waals surface area contributed by atoms with E-state index >= 15 is 0 Å². The van der Waals surface area contributed by atoms with Crippen LogP contribution in [0.15, 0.2) is 66.9 Å². The van der Waals surface area contributed by atoms with Gasteiger partial charge in [0, 0.05) is 12.3 Å². The van der Waals surface area contributed by atoms with Gasteiger partial charge in [-0.2, -0.15) is 0 Å². The van der Waals surface area contributed by atoms with Gasteiger partial charge in [0.25, 0.3) is 0 Å². The molecule has 0 spiro atoms. The second-order valence-electron chi connectivity index (χ2n) is 3.80. The Bertz CT molecular complexity index is 430. The van der Waals surface area contributed by atoms with E-state index < -0.39 is 0 Å². The number of rotatable bonds is 6. The Morgan fingerprint density at radius 1 is 1.17 bits per heavy atom. The van der Waals surface area contributed by atoms with Gasteiger partial charge in [0.2, 0.25) is 5.91 Å². The molecule has 1 N–H and O–H groups in total. The van der Waals surface area contributed by atoms with E-state index in [1.54, 1.807) is 12.3 Å². The first-order valence-electron chi connectivity index (χ1n) is 6.15. The standard InChI is InChI=1S/C16H19NO/c1-2-3-4-8-13-16(18)17-14-9-12-15-10-6-5-7-11-15/h3-11,13-14H,2,12H2,1H3,(H,17,18)/b4-3-,13-8-,14-9-. The van der Waals surface area contributed by atoms with Crippen LogP contribution in [-0.2, 0) is 11.2 Å². The predicted octanol–water partition coefficient (Wildman–Crippen LogP) is 3.38. The van der Waals surface area contributed by atoms with Crippen molar-refractivity contribution < 1.29 is 4.79 Å². The molecule has 94 valence electrons. The van der Waals surface area contributed by atoms with Crippen LogP contribution in [0.1, 0.15) is 18.9 Å². The second kappa shape index (κ2) is 8.99. The number of carbonyl (C=O) groups is 1. The van der Waals surface area contributed by atoms with Gasteiger partial charge >= 0.3 is 0 Å². The van der Waals surface area contributed by atoms with Crippen molar-refractivity contribution in [3.63, 3.8) is 0 Å². The summed E-state index contributed by atoms with van der Waals surface area (Å²) in [4.78, 5) is 11.3. The molecule has 0 atom stereocenters. The van der Waals surface area contributed by atoms with Gasteiger partial charge < -0.3 is 5.32 Å². The van der Waals surface area contributed by atoms with E-state index in [4.69, 9.17) is 0 Å². The Morgan fingerprint density at radius 2 is 1.94 bits per heavy atom. The van der Waals surface area contributed by atoms with E-state index in [0.717, 1.165) is 12.8 Å². The molecule has 1 rings (SSSR count). The third-order valence-corrected chi connectivity index (χ3v) is 2.27. The molecule has 0 aromatic heterocycles. The number of hydrogen-bond acceptors (Lipinski definition) is 1. The third-order valence-electron chi connectivity index (χ3n) is 2.27. The Hall–Kier alpha value is -2.09. The molecule has 2 heteroatoms. The Morgan fingerprint density at radius 3 is 2.67 bits per heavy atom. The fraction of sp³-hybridized carbons (Fsp3) is 0.188. The molecule has 0 aliphatic heterocycles. The van der Waals surface area contributed by atoms with E-state index in [1.807, 2.05) is 36.4 Å². The highest BCUT2D eigenvalue weighted by molar-refractivity contribution is 5.88. The van der Waals surface area contributed by atoms with Crippen LogP contribution in [0.25, 0.3) is 0 Å². The fourth-order valence-electron chi connectivity index (χ4n) is 1.36. The van der Waals surface area contributed by atoms with Crippen LogP contribution in [0.3, 0.4) is 0 Å². The number of nitrogens with one attached hydrogen (secondary N) is 1. The maximum absolute atomic E-state index is 11.3. The summed E-state index contributed by atoms with van der Waals surface area (Å²) >= 11 is 0. The molecule has 0 heterocycles. The molecule has 0 saturated heterocycles. The van der Waals surface area contributed by atoms with Gasteiger partial charge in [-0.15, -0.1) is 0 Å². The summed E-state index contributed by atoms with van der Waals surface area (Å²) in [6.07, 6.45) is 12.5. The maximum atomic E-state index is 11.3. The van der Waals surface area contributed by atoms with Crippen molar-refractivity contribution in [2.75, 3.05) is 0 Å². The predicted molar refractivity (Wildman–Crippen MR) is 76.0 cm³/mol. The average molecular weight is 241 g/mol. The number of hydrogen-bond donors (Lipinski definition) is 1. The van der Waals surface area contributed by atoms with Gasteiger partial charge in [-0.05, 0) is 18.4 Å². The van der Waals surface area contributed by atoms with Crippen LogP contribution in [0.2, 0.25) is 0 Å². The molecular weight excluding hydrogens is 222 g/mol. The van der Waals surface area contributed by atoms with Gasteiger partial charge in [0.1, 0.15) is 0 Å². The van der Waals surface area contributed by atoms with Crippen LogP contribution in [0.4, 0.5) is 0 Å². The van der Waals surface area contributed by atoms with Crippen molar-refractivity contribution in [3.05, 3.63) is 72.5 Å². The minimum atomic E-state index is -0.111. The highest BCUT2D eigenvalue weighted by Crippen LogP contribution is 1.99. The Kier molecular flexibility index (Phi) is 6.98. The Labute approximate surface area is 109 Å². The summed E-state index contributed by atoms with van der Waals surface area (Å²) in [7, 11) is 0. The largest absolute Gasteiger partial charge is 0.329 e. The van der Waals surface area contributed by atoms with Crippen molar-refractivity contribution in [3.8, 4) is 0 Å². The van der Waals surface area contributed by atoms with Crippen LogP contribution < -0.4 is 5.32 Å². The topological polar surface area (TPSA) is 29.1 Å². The molecule has 0 radical (unpaired) electrons. The first-order chi connectivity index (χ1) is 8.83. The van der Waals surface area contributed by atoms with Crippen molar-refractivity contribution >= 4 is 5.91 Å². The number of carbonyl (C=O) groups excluding carboxylic acids is 1. The highest BCUT2D eigenvalue weighted by atomic mass is 16.1. The smallest absolute Gasteiger partial charge is 0.247 e. The van der Waals surface area contributed by atoms with Crippen molar-refractivity contribution in [1.29, 1.82) is 0 Å². The van der Waals surface area contributed by atoms with E-state index in [1.165, 1.54) is 11.6 Å². The second-order valence-corrected chi connectivity index (χ2v) is 3.80. The molecule has 2 nitrogen and oxygen atoms in total. The molecule has 1 amide bonds. The fourth-order valence-corrected chi connectivity index (χ4v) is 1.36. The summed E-state index contributed by atoms with van der Waals surface area (Å²) in [5.74, 6) is -0.111. The maximum Gasteiger partial charge on any atom is 0.247 e. The summed E-state index contributed by atoms with van der Waals surface area (Å²) < 4.78 is 0. The molecule has 1 aromatic rings. The van der Waals surface area contributed by atoms with Gasteiger partial charge in [-0.1, -0.05) is 61.6 Å². The SMILES string of the molecule is CC/C=C\C=C/C(=O)N/C=C\Cc1ccccc1. The van der Waals surface area contributed by atoms with Crippen molar-refractivity contribution in [2.24, 2.45) is 0 Å².